The van der Waals surface area contributed by atoms with Crippen molar-refractivity contribution in [2.75, 3.05) is 6.79 Å². The first-order chi connectivity index (χ1) is 11.7. The lowest BCUT2D eigenvalue weighted by atomic mass is 10.1. The van der Waals surface area contributed by atoms with Crippen LogP contribution >= 0.6 is 23.6 Å². The minimum atomic E-state index is -0.102. The summed E-state index contributed by atoms with van der Waals surface area (Å²) in [4.78, 5) is 13.3. The summed E-state index contributed by atoms with van der Waals surface area (Å²) in [6.45, 7) is 0.712. The van der Waals surface area contributed by atoms with Crippen molar-refractivity contribution in [3.05, 3.63) is 74.5 Å². The van der Waals surface area contributed by atoms with E-state index in [2.05, 4.69) is 0 Å². The third-order valence-corrected chi connectivity index (χ3v) is 5.22. The van der Waals surface area contributed by atoms with Gasteiger partial charge in [-0.3, -0.25) is 9.36 Å². The average molecular weight is 355 g/mol. The van der Waals surface area contributed by atoms with Crippen molar-refractivity contribution in [3.63, 3.8) is 0 Å². The molecule has 6 heteroatoms. The maximum atomic E-state index is 12.5. The van der Waals surface area contributed by atoms with E-state index in [1.165, 1.54) is 11.3 Å². The van der Waals surface area contributed by atoms with E-state index in [9.17, 15) is 4.79 Å². The molecule has 1 aliphatic heterocycles. The lowest BCUT2D eigenvalue weighted by molar-refractivity contribution is 0.174. The van der Waals surface area contributed by atoms with Crippen LogP contribution in [0.25, 0.3) is 10.4 Å². The molecule has 24 heavy (non-hydrogen) atoms. The number of hydrogen-bond donors (Lipinski definition) is 0. The number of benzene rings is 2. The minimum Gasteiger partial charge on any atom is -0.454 e. The number of fused-ring (bicyclic) bond motifs is 1. The molecule has 1 aromatic heterocycles. The van der Waals surface area contributed by atoms with Crippen LogP contribution in [-0.4, -0.2) is 11.4 Å². The molecular weight excluding hydrogens is 342 g/mol. The number of hydrogen-bond acceptors (Lipinski definition) is 5. The van der Waals surface area contributed by atoms with Crippen molar-refractivity contribution in [1.29, 1.82) is 0 Å². The number of ether oxygens (including phenoxy) is 2. The van der Waals surface area contributed by atoms with Gasteiger partial charge in [-0.2, -0.15) is 0 Å². The molecule has 4 nitrogen and oxygen atoms in total. The van der Waals surface area contributed by atoms with E-state index in [0.29, 0.717) is 16.2 Å². The molecule has 0 bridgehead atoms. The Hall–Kier alpha value is -2.44. The minimum absolute atomic E-state index is 0.102. The molecule has 0 radical (unpaired) electrons. The quantitative estimate of drug-likeness (QED) is 0.664. The maximum Gasteiger partial charge on any atom is 0.253 e. The van der Waals surface area contributed by atoms with Gasteiger partial charge in [-0.15, -0.1) is 11.3 Å². The predicted octanol–water partition coefficient (Wildman–Crippen LogP) is 4.08. The van der Waals surface area contributed by atoms with Crippen LogP contribution in [-0.2, 0) is 6.54 Å². The number of rotatable bonds is 3. The van der Waals surface area contributed by atoms with Gasteiger partial charge in [-0.25, -0.2) is 0 Å². The van der Waals surface area contributed by atoms with Crippen LogP contribution in [0.3, 0.4) is 0 Å². The molecule has 0 spiro atoms. The Morgan fingerprint density at radius 2 is 1.83 bits per heavy atom. The maximum absolute atomic E-state index is 12.5. The van der Waals surface area contributed by atoms with Crippen LogP contribution in [0.4, 0.5) is 0 Å². The Labute approximate surface area is 147 Å². The van der Waals surface area contributed by atoms with Gasteiger partial charge in [0.15, 0.2) is 15.5 Å². The molecule has 1 aliphatic rings. The molecule has 0 saturated carbocycles. The molecule has 4 rings (SSSR count). The largest absolute Gasteiger partial charge is 0.454 e. The van der Waals surface area contributed by atoms with Crippen molar-refractivity contribution >= 4 is 23.6 Å². The average Bonchev–Trinajstić information content (AvgIpc) is 3.06. The van der Waals surface area contributed by atoms with Gasteiger partial charge in [0.05, 0.1) is 6.54 Å². The molecule has 0 saturated heterocycles. The molecule has 3 aromatic rings. The van der Waals surface area contributed by atoms with E-state index in [1.54, 1.807) is 10.6 Å². The van der Waals surface area contributed by atoms with E-state index < -0.39 is 0 Å². The third-order valence-electron chi connectivity index (χ3n) is 3.78. The Balaban J connectivity index is 1.72. The predicted molar refractivity (Wildman–Crippen MR) is 96.5 cm³/mol. The van der Waals surface area contributed by atoms with E-state index in [1.807, 2.05) is 48.5 Å². The number of nitrogens with zero attached hydrogens (tertiary/aromatic N) is 1. The van der Waals surface area contributed by atoms with Crippen molar-refractivity contribution in [2.45, 2.75) is 6.54 Å². The van der Waals surface area contributed by atoms with Crippen LogP contribution in [0, 0.1) is 3.95 Å². The van der Waals surface area contributed by atoms with E-state index in [4.69, 9.17) is 21.7 Å². The molecule has 2 heterocycles. The normalized spacial score (nSPS) is 12.3. The summed E-state index contributed by atoms with van der Waals surface area (Å²) >= 11 is 6.87. The van der Waals surface area contributed by atoms with Gasteiger partial charge in [0, 0.05) is 10.9 Å². The fourth-order valence-electron chi connectivity index (χ4n) is 2.56. The standard InChI is InChI=1S/C18H13NO3S2/c20-17-9-16(13-6-7-14-15(8-13)22-11-21-14)24-18(23)19(17)10-12-4-2-1-3-5-12/h1-9H,10-11H2. The van der Waals surface area contributed by atoms with Gasteiger partial charge in [0.25, 0.3) is 5.56 Å². The zero-order valence-electron chi connectivity index (χ0n) is 12.6. The van der Waals surface area contributed by atoms with Crippen molar-refractivity contribution in [2.24, 2.45) is 0 Å². The summed E-state index contributed by atoms with van der Waals surface area (Å²) < 4.78 is 12.9. The highest BCUT2D eigenvalue weighted by Gasteiger charge is 2.15. The van der Waals surface area contributed by atoms with Gasteiger partial charge in [-0.05, 0) is 41.5 Å². The summed E-state index contributed by atoms with van der Waals surface area (Å²) in [7, 11) is 0. The fourth-order valence-corrected chi connectivity index (χ4v) is 3.84. The molecule has 120 valence electrons. The molecule has 0 aliphatic carbocycles. The molecule has 0 atom stereocenters. The van der Waals surface area contributed by atoms with Gasteiger partial charge >= 0.3 is 0 Å². The molecule has 0 fully saturated rings. The Morgan fingerprint density at radius 1 is 1.04 bits per heavy atom. The van der Waals surface area contributed by atoms with E-state index >= 15 is 0 Å². The van der Waals surface area contributed by atoms with E-state index in [0.717, 1.165) is 21.8 Å². The summed E-state index contributed by atoms with van der Waals surface area (Å²) in [5.74, 6) is 1.42. The molecule has 2 aromatic carbocycles. The highest BCUT2D eigenvalue weighted by atomic mass is 32.1. The second-order valence-electron chi connectivity index (χ2n) is 5.35. The Bertz CT molecular complexity index is 978. The van der Waals surface area contributed by atoms with Crippen molar-refractivity contribution < 1.29 is 9.47 Å². The van der Waals surface area contributed by atoms with Gasteiger partial charge in [0.2, 0.25) is 6.79 Å². The second kappa shape index (κ2) is 6.22. The molecule has 0 N–H and O–H groups in total. The summed E-state index contributed by atoms with van der Waals surface area (Å²) in [5, 5.41) is 0. The highest BCUT2D eigenvalue weighted by molar-refractivity contribution is 7.73. The first kappa shape index (κ1) is 15.1. The SMILES string of the molecule is O=c1cc(-c2ccc3c(c2)OCO3)sc(=S)n1Cc1ccccc1. The lowest BCUT2D eigenvalue weighted by Crippen LogP contribution is -2.19. The topological polar surface area (TPSA) is 40.5 Å². The molecule has 0 unspecified atom stereocenters. The monoisotopic (exact) mass is 355 g/mol. The van der Waals surface area contributed by atoms with Gasteiger partial charge in [-0.1, -0.05) is 30.3 Å². The van der Waals surface area contributed by atoms with Crippen LogP contribution in [0.1, 0.15) is 5.56 Å². The summed E-state index contributed by atoms with van der Waals surface area (Å²) in [6.07, 6.45) is 0. The fraction of sp³-hybridized carbons (Fsp3) is 0.111. The van der Waals surface area contributed by atoms with Crippen LogP contribution < -0.4 is 15.0 Å². The molecular formula is C18H13NO3S2. The van der Waals surface area contributed by atoms with Crippen LogP contribution in [0.5, 0.6) is 11.5 Å². The zero-order chi connectivity index (χ0) is 16.5. The Kier molecular flexibility index (Phi) is 3.92. The first-order valence-corrected chi connectivity index (χ1v) is 8.62. The van der Waals surface area contributed by atoms with Crippen LogP contribution in [0.2, 0.25) is 0 Å². The number of aromatic nitrogens is 1. The van der Waals surface area contributed by atoms with Crippen LogP contribution in [0.15, 0.2) is 59.4 Å². The van der Waals surface area contributed by atoms with Gasteiger partial charge < -0.3 is 9.47 Å². The first-order valence-electron chi connectivity index (χ1n) is 7.40. The van der Waals surface area contributed by atoms with Crippen molar-refractivity contribution in [3.8, 4) is 21.9 Å². The third kappa shape index (κ3) is 2.86. The smallest absolute Gasteiger partial charge is 0.253 e. The van der Waals surface area contributed by atoms with Crippen molar-refractivity contribution in [1.82, 2.24) is 4.57 Å². The molecule has 0 amide bonds. The Morgan fingerprint density at radius 3 is 2.62 bits per heavy atom. The zero-order valence-corrected chi connectivity index (χ0v) is 14.2. The summed E-state index contributed by atoms with van der Waals surface area (Å²) in [5.41, 5.74) is 1.85. The second-order valence-corrected chi connectivity index (χ2v) is 7.03. The van der Waals surface area contributed by atoms with Gasteiger partial charge in [0.1, 0.15) is 0 Å². The lowest BCUT2D eigenvalue weighted by Gasteiger charge is -2.08. The highest BCUT2D eigenvalue weighted by Crippen LogP contribution is 2.36. The summed E-state index contributed by atoms with van der Waals surface area (Å²) in [6, 6.07) is 17.1. The van der Waals surface area contributed by atoms with E-state index in [-0.39, 0.29) is 12.4 Å².